The first-order valence-corrected chi connectivity index (χ1v) is 6.76. The van der Waals surface area contributed by atoms with Gasteiger partial charge in [-0.3, -0.25) is 9.89 Å². The molecule has 0 aromatic carbocycles. The highest BCUT2D eigenvalue weighted by atomic mass is 16.3. The lowest BCUT2D eigenvalue weighted by molar-refractivity contribution is 0.0890. The van der Waals surface area contributed by atoms with Crippen molar-refractivity contribution in [2.75, 3.05) is 6.54 Å². The molecule has 0 unspecified atom stereocenters. The number of aromatic nitrogens is 2. The number of furan rings is 1. The number of carbonyl (C=O) groups is 1. The Kier molecular flexibility index (Phi) is 4.24. The van der Waals surface area contributed by atoms with Crippen LogP contribution in [0.15, 0.2) is 28.9 Å². The van der Waals surface area contributed by atoms with Gasteiger partial charge in [0.15, 0.2) is 11.5 Å². The SMILES string of the molecule is CCC(CC)(CN)NC(=O)c1cc(-c2ccco2)[nH]n1. The molecule has 0 fully saturated rings. The normalized spacial score (nSPS) is 11.6. The van der Waals surface area contributed by atoms with Gasteiger partial charge in [-0.15, -0.1) is 0 Å². The highest BCUT2D eigenvalue weighted by Gasteiger charge is 2.27. The van der Waals surface area contributed by atoms with E-state index in [0.717, 1.165) is 12.8 Å². The number of aromatic amines is 1. The molecule has 0 saturated heterocycles. The monoisotopic (exact) mass is 276 g/mol. The van der Waals surface area contributed by atoms with Crippen molar-refractivity contribution < 1.29 is 9.21 Å². The molecule has 6 heteroatoms. The van der Waals surface area contributed by atoms with Gasteiger partial charge in [-0.25, -0.2) is 0 Å². The average molecular weight is 276 g/mol. The van der Waals surface area contributed by atoms with Crippen molar-refractivity contribution in [3.8, 4) is 11.5 Å². The van der Waals surface area contributed by atoms with Crippen LogP contribution in [0.5, 0.6) is 0 Å². The predicted octanol–water partition coefficient (Wildman–Crippen LogP) is 1.92. The molecule has 0 aliphatic heterocycles. The van der Waals surface area contributed by atoms with Crippen LogP contribution in [0.3, 0.4) is 0 Å². The molecule has 0 atom stereocenters. The first-order valence-electron chi connectivity index (χ1n) is 6.76. The molecule has 2 aromatic heterocycles. The number of nitrogens with one attached hydrogen (secondary N) is 2. The molecule has 2 rings (SSSR count). The van der Waals surface area contributed by atoms with Crippen molar-refractivity contribution in [3.05, 3.63) is 30.2 Å². The second kappa shape index (κ2) is 5.92. The Bertz CT molecular complexity index is 547. The fraction of sp³-hybridized carbons (Fsp3) is 0.429. The molecule has 20 heavy (non-hydrogen) atoms. The molecule has 0 aliphatic rings. The quantitative estimate of drug-likeness (QED) is 0.750. The standard InChI is InChI=1S/C14H20N4O2/c1-3-14(4-2,9-15)16-13(19)11-8-10(17-18-11)12-6-5-7-20-12/h5-8H,3-4,9,15H2,1-2H3,(H,16,19)(H,17,18). The van der Waals surface area contributed by atoms with Gasteiger partial charge in [0.2, 0.25) is 0 Å². The first-order chi connectivity index (χ1) is 9.64. The topological polar surface area (TPSA) is 96.9 Å². The van der Waals surface area contributed by atoms with Crippen LogP contribution in [0.4, 0.5) is 0 Å². The molecule has 2 aromatic rings. The van der Waals surface area contributed by atoms with Crippen LogP contribution >= 0.6 is 0 Å². The van der Waals surface area contributed by atoms with Gasteiger partial charge < -0.3 is 15.5 Å². The highest BCUT2D eigenvalue weighted by molar-refractivity contribution is 5.93. The molecule has 0 saturated carbocycles. The second-order valence-electron chi connectivity index (χ2n) is 4.79. The Labute approximate surface area is 117 Å². The Morgan fingerprint density at radius 3 is 2.80 bits per heavy atom. The van der Waals surface area contributed by atoms with E-state index in [-0.39, 0.29) is 11.4 Å². The van der Waals surface area contributed by atoms with Crippen molar-refractivity contribution in [1.29, 1.82) is 0 Å². The third-order valence-electron chi connectivity index (χ3n) is 3.72. The summed E-state index contributed by atoms with van der Waals surface area (Å²) in [6.07, 6.45) is 3.13. The molecular weight excluding hydrogens is 256 g/mol. The minimum absolute atomic E-state index is 0.229. The number of hydrogen-bond acceptors (Lipinski definition) is 4. The summed E-state index contributed by atoms with van der Waals surface area (Å²) in [5.74, 6) is 0.417. The van der Waals surface area contributed by atoms with Gasteiger partial charge in [0.25, 0.3) is 5.91 Å². The van der Waals surface area contributed by atoms with Gasteiger partial charge in [0.1, 0.15) is 5.69 Å². The molecule has 0 radical (unpaired) electrons. The number of amides is 1. The first kappa shape index (κ1) is 14.3. The van der Waals surface area contributed by atoms with Gasteiger partial charge in [0, 0.05) is 12.6 Å². The Morgan fingerprint density at radius 2 is 2.25 bits per heavy atom. The number of H-pyrrole nitrogens is 1. The van der Waals surface area contributed by atoms with Crippen LogP contribution in [0.25, 0.3) is 11.5 Å². The minimum atomic E-state index is -0.374. The van der Waals surface area contributed by atoms with E-state index >= 15 is 0 Å². The molecule has 4 N–H and O–H groups in total. The molecule has 0 aliphatic carbocycles. The summed E-state index contributed by atoms with van der Waals surface area (Å²) in [6, 6.07) is 5.25. The summed E-state index contributed by atoms with van der Waals surface area (Å²) < 4.78 is 5.25. The van der Waals surface area contributed by atoms with Gasteiger partial charge >= 0.3 is 0 Å². The Balaban J connectivity index is 2.14. The maximum absolute atomic E-state index is 12.2. The van der Waals surface area contributed by atoms with E-state index in [9.17, 15) is 4.79 Å². The number of nitrogens with two attached hydrogens (primary N) is 1. The fourth-order valence-corrected chi connectivity index (χ4v) is 2.07. The van der Waals surface area contributed by atoms with Crippen LogP contribution in [0.2, 0.25) is 0 Å². The predicted molar refractivity (Wildman–Crippen MR) is 76.1 cm³/mol. The lowest BCUT2D eigenvalue weighted by atomic mass is 9.93. The fourth-order valence-electron chi connectivity index (χ4n) is 2.07. The maximum Gasteiger partial charge on any atom is 0.272 e. The van der Waals surface area contributed by atoms with Crippen LogP contribution in [0.1, 0.15) is 37.2 Å². The zero-order chi connectivity index (χ0) is 14.6. The van der Waals surface area contributed by atoms with Crippen molar-refractivity contribution in [3.63, 3.8) is 0 Å². The number of hydrogen-bond donors (Lipinski definition) is 3. The average Bonchev–Trinajstić information content (AvgIpc) is 3.14. The molecule has 0 spiro atoms. The van der Waals surface area contributed by atoms with E-state index in [1.165, 1.54) is 0 Å². The minimum Gasteiger partial charge on any atom is -0.463 e. The summed E-state index contributed by atoms with van der Waals surface area (Å²) in [4.78, 5) is 12.2. The molecular formula is C14H20N4O2. The van der Waals surface area contributed by atoms with E-state index in [0.29, 0.717) is 23.7 Å². The Hall–Kier alpha value is -2.08. The molecule has 1 amide bonds. The maximum atomic E-state index is 12.2. The van der Waals surface area contributed by atoms with Gasteiger partial charge in [-0.05, 0) is 25.0 Å². The summed E-state index contributed by atoms with van der Waals surface area (Å²) in [5.41, 5.74) is 6.41. The number of carbonyl (C=O) groups excluding carboxylic acids is 1. The van der Waals surface area contributed by atoms with Crippen molar-refractivity contribution in [2.24, 2.45) is 5.73 Å². The summed E-state index contributed by atoms with van der Waals surface area (Å²) in [6.45, 7) is 4.42. The Morgan fingerprint density at radius 1 is 1.50 bits per heavy atom. The van der Waals surface area contributed by atoms with E-state index in [2.05, 4.69) is 15.5 Å². The van der Waals surface area contributed by atoms with Crippen molar-refractivity contribution in [1.82, 2.24) is 15.5 Å². The van der Waals surface area contributed by atoms with E-state index in [4.69, 9.17) is 10.2 Å². The largest absolute Gasteiger partial charge is 0.463 e. The van der Waals surface area contributed by atoms with Gasteiger partial charge in [-0.1, -0.05) is 13.8 Å². The van der Waals surface area contributed by atoms with Crippen LogP contribution in [-0.2, 0) is 0 Å². The summed E-state index contributed by atoms with van der Waals surface area (Å²) in [5, 5.41) is 9.79. The van der Waals surface area contributed by atoms with Crippen LogP contribution in [0, 0.1) is 0 Å². The molecule has 6 nitrogen and oxygen atoms in total. The summed E-state index contributed by atoms with van der Waals surface area (Å²) >= 11 is 0. The van der Waals surface area contributed by atoms with Crippen molar-refractivity contribution in [2.45, 2.75) is 32.2 Å². The second-order valence-corrected chi connectivity index (χ2v) is 4.79. The number of rotatable bonds is 6. The van der Waals surface area contributed by atoms with Crippen LogP contribution < -0.4 is 11.1 Å². The lowest BCUT2D eigenvalue weighted by Crippen LogP contribution is -2.52. The smallest absolute Gasteiger partial charge is 0.272 e. The number of nitrogens with zero attached hydrogens (tertiary/aromatic N) is 1. The zero-order valence-electron chi connectivity index (χ0n) is 11.8. The zero-order valence-corrected chi connectivity index (χ0v) is 11.8. The van der Waals surface area contributed by atoms with E-state index in [1.54, 1.807) is 24.5 Å². The molecule has 0 bridgehead atoms. The third-order valence-corrected chi connectivity index (χ3v) is 3.72. The van der Waals surface area contributed by atoms with Gasteiger partial charge in [-0.2, -0.15) is 5.10 Å². The summed E-state index contributed by atoms with van der Waals surface area (Å²) in [7, 11) is 0. The lowest BCUT2D eigenvalue weighted by Gasteiger charge is -2.31. The van der Waals surface area contributed by atoms with Crippen LogP contribution in [-0.4, -0.2) is 28.2 Å². The highest BCUT2D eigenvalue weighted by Crippen LogP contribution is 2.19. The van der Waals surface area contributed by atoms with Crippen molar-refractivity contribution >= 4 is 5.91 Å². The molecule has 2 heterocycles. The molecule has 108 valence electrons. The van der Waals surface area contributed by atoms with Gasteiger partial charge in [0.05, 0.1) is 11.8 Å². The van der Waals surface area contributed by atoms with E-state index < -0.39 is 0 Å². The van der Waals surface area contributed by atoms with E-state index in [1.807, 2.05) is 13.8 Å². The third kappa shape index (κ3) is 2.75.